The van der Waals surface area contributed by atoms with Crippen LogP contribution in [0.1, 0.15) is 25.7 Å². The topological polar surface area (TPSA) is 102 Å². The van der Waals surface area contributed by atoms with Crippen LogP contribution in [0.5, 0.6) is 0 Å². The summed E-state index contributed by atoms with van der Waals surface area (Å²) in [4.78, 5) is 15.4. The number of amides is 1. The van der Waals surface area contributed by atoms with Crippen LogP contribution in [0.3, 0.4) is 0 Å². The SMILES string of the molecule is Nc1cnccc1S(=O)(=O)CC(=O)NC1CCCC1. The molecule has 0 atom stereocenters. The molecule has 1 amide bonds. The summed E-state index contributed by atoms with van der Waals surface area (Å²) in [6.07, 6.45) is 6.61. The first-order valence-electron chi connectivity index (χ1n) is 6.20. The molecule has 104 valence electrons. The smallest absolute Gasteiger partial charge is 0.235 e. The van der Waals surface area contributed by atoms with Gasteiger partial charge in [-0.1, -0.05) is 12.8 Å². The average Bonchev–Trinajstić information content (AvgIpc) is 2.81. The van der Waals surface area contributed by atoms with E-state index in [1.54, 1.807) is 0 Å². The fourth-order valence-corrected chi connectivity index (χ4v) is 3.53. The Balaban J connectivity index is 2.05. The number of pyridine rings is 1. The molecule has 19 heavy (non-hydrogen) atoms. The molecule has 1 saturated carbocycles. The lowest BCUT2D eigenvalue weighted by Crippen LogP contribution is -2.37. The van der Waals surface area contributed by atoms with Crippen molar-refractivity contribution in [1.29, 1.82) is 0 Å². The van der Waals surface area contributed by atoms with Crippen molar-refractivity contribution in [3.05, 3.63) is 18.5 Å². The van der Waals surface area contributed by atoms with Crippen LogP contribution in [-0.4, -0.2) is 31.1 Å². The van der Waals surface area contributed by atoms with Crippen LogP contribution < -0.4 is 11.1 Å². The minimum Gasteiger partial charge on any atom is -0.396 e. The molecule has 1 aliphatic rings. The zero-order valence-electron chi connectivity index (χ0n) is 10.5. The molecule has 0 bridgehead atoms. The lowest BCUT2D eigenvalue weighted by molar-refractivity contribution is -0.119. The lowest BCUT2D eigenvalue weighted by Gasteiger charge is -2.12. The van der Waals surface area contributed by atoms with Crippen LogP contribution in [0.25, 0.3) is 0 Å². The van der Waals surface area contributed by atoms with Crippen molar-refractivity contribution in [1.82, 2.24) is 10.3 Å². The molecule has 3 N–H and O–H groups in total. The van der Waals surface area contributed by atoms with Gasteiger partial charge >= 0.3 is 0 Å². The molecular formula is C12H17N3O3S. The first-order valence-corrected chi connectivity index (χ1v) is 7.86. The Kier molecular flexibility index (Phi) is 4.04. The molecule has 7 heteroatoms. The number of nitrogens with one attached hydrogen (secondary N) is 1. The Labute approximate surface area is 112 Å². The van der Waals surface area contributed by atoms with Gasteiger partial charge in [-0.15, -0.1) is 0 Å². The molecular weight excluding hydrogens is 266 g/mol. The van der Waals surface area contributed by atoms with E-state index in [4.69, 9.17) is 5.73 Å². The summed E-state index contributed by atoms with van der Waals surface area (Å²) < 4.78 is 24.1. The van der Waals surface area contributed by atoms with Gasteiger partial charge in [0.15, 0.2) is 9.84 Å². The van der Waals surface area contributed by atoms with E-state index < -0.39 is 21.5 Å². The molecule has 2 rings (SSSR count). The molecule has 0 radical (unpaired) electrons. The minimum absolute atomic E-state index is 0.0379. The first-order chi connectivity index (χ1) is 8.99. The van der Waals surface area contributed by atoms with Crippen LogP contribution >= 0.6 is 0 Å². The summed E-state index contributed by atoms with van der Waals surface area (Å²) in [5, 5.41) is 2.75. The number of nitrogens with two attached hydrogens (primary N) is 1. The zero-order chi connectivity index (χ0) is 13.9. The van der Waals surface area contributed by atoms with Crippen molar-refractivity contribution in [2.45, 2.75) is 36.6 Å². The molecule has 1 aromatic heterocycles. The van der Waals surface area contributed by atoms with Crippen molar-refractivity contribution < 1.29 is 13.2 Å². The highest BCUT2D eigenvalue weighted by Crippen LogP contribution is 2.19. The molecule has 0 unspecified atom stereocenters. The summed E-state index contributed by atoms with van der Waals surface area (Å²) >= 11 is 0. The number of anilines is 1. The van der Waals surface area contributed by atoms with Crippen molar-refractivity contribution in [2.75, 3.05) is 11.5 Å². The van der Waals surface area contributed by atoms with Crippen molar-refractivity contribution in [3.63, 3.8) is 0 Å². The van der Waals surface area contributed by atoms with E-state index in [-0.39, 0.29) is 16.6 Å². The maximum absolute atomic E-state index is 12.1. The molecule has 1 aromatic rings. The van der Waals surface area contributed by atoms with Gasteiger partial charge in [-0.25, -0.2) is 8.42 Å². The average molecular weight is 283 g/mol. The number of sulfone groups is 1. The number of carbonyl (C=O) groups excluding carboxylic acids is 1. The summed E-state index contributed by atoms with van der Waals surface area (Å²) in [5.74, 6) is -1.04. The Hall–Kier alpha value is -1.63. The molecule has 0 spiro atoms. The quantitative estimate of drug-likeness (QED) is 0.837. The van der Waals surface area contributed by atoms with Crippen LogP contribution in [0, 0.1) is 0 Å². The standard InChI is InChI=1S/C12H17N3O3S/c13-10-7-14-6-5-11(10)19(17,18)8-12(16)15-9-3-1-2-4-9/h5-7,9H,1-4,8,13H2,(H,15,16). The van der Waals surface area contributed by atoms with Gasteiger partial charge in [0.05, 0.1) is 16.8 Å². The number of nitrogens with zero attached hydrogens (tertiary/aromatic N) is 1. The molecule has 1 aliphatic carbocycles. The highest BCUT2D eigenvalue weighted by atomic mass is 32.2. The largest absolute Gasteiger partial charge is 0.396 e. The maximum Gasteiger partial charge on any atom is 0.235 e. The Morgan fingerprint density at radius 2 is 2.11 bits per heavy atom. The number of nitrogen functional groups attached to an aromatic ring is 1. The highest BCUT2D eigenvalue weighted by Gasteiger charge is 2.24. The van der Waals surface area contributed by atoms with E-state index in [1.807, 2.05) is 0 Å². The minimum atomic E-state index is -3.71. The molecule has 0 saturated heterocycles. The van der Waals surface area contributed by atoms with Crippen molar-refractivity contribution >= 4 is 21.4 Å². The predicted octanol–water partition coefficient (Wildman–Crippen LogP) is 0.496. The van der Waals surface area contributed by atoms with Gasteiger partial charge in [0.2, 0.25) is 5.91 Å². The normalized spacial score (nSPS) is 16.4. The van der Waals surface area contributed by atoms with Crippen molar-refractivity contribution in [2.24, 2.45) is 0 Å². The van der Waals surface area contributed by atoms with E-state index in [2.05, 4.69) is 10.3 Å². The second-order valence-corrected chi connectivity index (χ2v) is 6.68. The molecule has 6 nitrogen and oxygen atoms in total. The number of hydrogen-bond donors (Lipinski definition) is 2. The van der Waals surface area contributed by atoms with E-state index in [1.165, 1.54) is 18.5 Å². The van der Waals surface area contributed by atoms with Crippen molar-refractivity contribution in [3.8, 4) is 0 Å². The third-order valence-corrected chi connectivity index (χ3v) is 4.87. The van der Waals surface area contributed by atoms with Gasteiger partial charge in [-0.3, -0.25) is 9.78 Å². The number of carbonyl (C=O) groups is 1. The summed E-state index contributed by atoms with van der Waals surface area (Å²) in [6, 6.07) is 1.42. The fourth-order valence-electron chi connectivity index (χ4n) is 2.27. The highest BCUT2D eigenvalue weighted by molar-refractivity contribution is 7.92. The van der Waals surface area contributed by atoms with Gasteiger partial charge in [0, 0.05) is 12.2 Å². The second-order valence-electron chi connectivity index (χ2n) is 4.72. The first kappa shape index (κ1) is 13.8. The molecule has 0 aromatic carbocycles. The second kappa shape index (κ2) is 5.56. The summed E-state index contributed by atoms with van der Waals surface area (Å²) in [7, 11) is -3.71. The van der Waals surface area contributed by atoms with Gasteiger partial charge in [-0.2, -0.15) is 0 Å². The van der Waals surface area contributed by atoms with E-state index in [0.29, 0.717) is 0 Å². The predicted molar refractivity (Wildman–Crippen MR) is 71.1 cm³/mol. The lowest BCUT2D eigenvalue weighted by atomic mass is 10.2. The monoisotopic (exact) mass is 283 g/mol. The van der Waals surface area contributed by atoms with E-state index in [0.717, 1.165) is 25.7 Å². The van der Waals surface area contributed by atoms with Crippen LogP contribution in [0.4, 0.5) is 5.69 Å². The third-order valence-electron chi connectivity index (χ3n) is 3.19. The third kappa shape index (κ3) is 3.44. The van der Waals surface area contributed by atoms with Gasteiger partial charge in [-0.05, 0) is 18.9 Å². The number of aromatic nitrogens is 1. The fraction of sp³-hybridized carbons (Fsp3) is 0.500. The Bertz CT molecular complexity index is 565. The van der Waals surface area contributed by atoms with Gasteiger partial charge < -0.3 is 11.1 Å². The summed E-state index contributed by atoms with van der Waals surface area (Å²) in [5.41, 5.74) is 5.64. The van der Waals surface area contributed by atoms with Gasteiger partial charge in [0.1, 0.15) is 5.75 Å². The Morgan fingerprint density at radius 1 is 1.42 bits per heavy atom. The van der Waals surface area contributed by atoms with E-state index in [9.17, 15) is 13.2 Å². The summed E-state index contributed by atoms with van der Waals surface area (Å²) in [6.45, 7) is 0. The zero-order valence-corrected chi connectivity index (χ0v) is 11.3. The number of rotatable bonds is 4. The van der Waals surface area contributed by atoms with Crippen LogP contribution in [-0.2, 0) is 14.6 Å². The van der Waals surface area contributed by atoms with E-state index >= 15 is 0 Å². The molecule has 0 aliphatic heterocycles. The number of hydrogen-bond acceptors (Lipinski definition) is 5. The maximum atomic E-state index is 12.1. The van der Waals surface area contributed by atoms with Crippen LogP contribution in [0.2, 0.25) is 0 Å². The van der Waals surface area contributed by atoms with Crippen LogP contribution in [0.15, 0.2) is 23.4 Å². The Morgan fingerprint density at radius 3 is 2.74 bits per heavy atom. The van der Waals surface area contributed by atoms with Gasteiger partial charge in [0.25, 0.3) is 0 Å². The molecule has 1 heterocycles. The molecule has 1 fully saturated rings.